The van der Waals surface area contributed by atoms with Crippen molar-refractivity contribution >= 4 is 11.8 Å². The molecule has 0 spiro atoms. The van der Waals surface area contributed by atoms with E-state index in [1.165, 1.54) is 18.5 Å². The summed E-state index contributed by atoms with van der Waals surface area (Å²) in [6.45, 7) is 0.319. The first-order valence-electron chi connectivity index (χ1n) is 6.46. The summed E-state index contributed by atoms with van der Waals surface area (Å²) in [5, 5.41) is 15.4. The van der Waals surface area contributed by atoms with E-state index in [9.17, 15) is 9.50 Å². The molecule has 1 saturated carbocycles. The van der Waals surface area contributed by atoms with Gasteiger partial charge in [0.25, 0.3) is 0 Å². The minimum Gasteiger partial charge on any atom is -0.382 e. The van der Waals surface area contributed by atoms with Gasteiger partial charge in [-0.2, -0.15) is 16.9 Å². The fourth-order valence-corrected chi connectivity index (χ4v) is 3.70. The Hall–Kier alpha value is -1.40. The molecule has 20 heavy (non-hydrogen) atoms. The van der Waals surface area contributed by atoms with Gasteiger partial charge >= 0.3 is 0 Å². The molecule has 0 saturated heterocycles. The summed E-state index contributed by atoms with van der Waals surface area (Å²) in [7, 11) is 0. The van der Waals surface area contributed by atoms with Crippen LogP contribution in [0.1, 0.15) is 18.4 Å². The van der Waals surface area contributed by atoms with Gasteiger partial charge in [0, 0.05) is 0 Å². The largest absolute Gasteiger partial charge is 0.382 e. The zero-order valence-corrected chi connectivity index (χ0v) is 12.0. The maximum Gasteiger partial charge on any atom is 0.137 e. The third-order valence-electron chi connectivity index (χ3n) is 4.03. The Labute approximate surface area is 121 Å². The predicted molar refractivity (Wildman–Crippen MR) is 75.8 cm³/mol. The van der Waals surface area contributed by atoms with Crippen molar-refractivity contribution in [1.82, 2.24) is 14.8 Å². The van der Waals surface area contributed by atoms with Crippen LogP contribution in [0.25, 0.3) is 0 Å². The van der Waals surface area contributed by atoms with E-state index in [1.807, 2.05) is 6.26 Å². The van der Waals surface area contributed by atoms with Gasteiger partial charge in [0.15, 0.2) is 0 Å². The monoisotopic (exact) mass is 293 g/mol. The minimum atomic E-state index is -1.08. The molecule has 0 aliphatic heterocycles. The summed E-state index contributed by atoms with van der Waals surface area (Å²) in [6, 6.07) is 6.08. The van der Waals surface area contributed by atoms with E-state index in [4.69, 9.17) is 0 Å². The molecule has 1 unspecified atom stereocenters. The molecular formula is C14H16FN3OS. The molecule has 106 valence electrons. The number of rotatable bonds is 5. The van der Waals surface area contributed by atoms with Crippen LogP contribution < -0.4 is 0 Å². The molecule has 6 heteroatoms. The van der Waals surface area contributed by atoms with Gasteiger partial charge < -0.3 is 5.11 Å². The van der Waals surface area contributed by atoms with E-state index in [0.29, 0.717) is 6.54 Å². The molecule has 0 amide bonds. The summed E-state index contributed by atoms with van der Waals surface area (Å²) in [5.74, 6) is -0.300. The number of aliphatic hydroxyl groups is 1. The number of hydrogen-bond donors (Lipinski definition) is 1. The van der Waals surface area contributed by atoms with Crippen molar-refractivity contribution in [3.05, 3.63) is 48.3 Å². The number of hydrogen-bond acceptors (Lipinski definition) is 4. The van der Waals surface area contributed by atoms with Crippen LogP contribution in [-0.2, 0) is 12.1 Å². The third-order valence-corrected chi connectivity index (χ3v) is 5.56. The van der Waals surface area contributed by atoms with Crippen molar-refractivity contribution < 1.29 is 9.50 Å². The van der Waals surface area contributed by atoms with Gasteiger partial charge in [0.2, 0.25) is 0 Å². The molecule has 1 fully saturated rings. The van der Waals surface area contributed by atoms with Crippen LogP contribution >= 0.6 is 11.8 Å². The lowest BCUT2D eigenvalue weighted by atomic mass is 9.88. The Bertz CT molecular complexity index is 583. The van der Waals surface area contributed by atoms with Crippen molar-refractivity contribution in [2.24, 2.45) is 0 Å². The van der Waals surface area contributed by atoms with Crippen molar-refractivity contribution in [1.29, 1.82) is 0 Å². The average molecular weight is 293 g/mol. The van der Waals surface area contributed by atoms with Crippen molar-refractivity contribution in [3.63, 3.8) is 0 Å². The van der Waals surface area contributed by atoms with E-state index < -0.39 is 5.60 Å². The lowest BCUT2D eigenvalue weighted by Crippen LogP contribution is -2.43. The van der Waals surface area contributed by atoms with Crippen LogP contribution in [-0.4, -0.2) is 30.9 Å². The fraction of sp³-hybridized carbons (Fsp3) is 0.429. The predicted octanol–water partition coefficient (Wildman–Crippen LogP) is 2.20. The standard InChI is InChI=1S/C14H16FN3OS/c1-20-13(6-7-13)14(19,8-18-10-16-9-17-18)11-2-4-12(15)5-3-11/h2-5,9-10,19H,6-8H2,1H3. The Balaban J connectivity index is 2.01. The molecule has 2 aromatic rings. The molecule has 1 heterocycles. The highest BCUT2D eigenvalue weighted by atomic mass is 32.2. The Morgan fingerprint density at radius 3 is 2.60 bits per heavy atom. The molecule has 1 aromatic heterocycles. The highest BCUT2D eigenvalue weighted by Gasteiger charge is 2.59. The first-order chi connectivity index (χ1) is 9.60. The molecule has 1 aliphatic carbocycles. The number of benzene rings is 1. The summed E-state index contributed by atoms with van der Waals surface area (Å²) in [4.78, 5) is 3.92. The molecule has 1 aromatic carbocycles. The summed E-state index contributed by atoms with van der Waals surface area (Å²) in [6.07, 6.45) is 6.92. The minimum absolute atomic E-state index is 0.225. The van der Waals surface area contributed by atoms with Gasteiger partial charge in [0.1, 0.15) is 24.1 Å². The normalized spacial score (nSPS) is 19.6. The number of halogens is 1. The number of nitrogens with zero attached hydrogens (tertiary/aromatic N) is 3. The molecule has 1 N–H and O–H groups in total. The van der Waals surface area contributed by atoms with Crippen LogP contribution in [0, 0.1) is 5.82 Å². The van der Waals surface area contributed by atoms with Crippen LogP contribution in [0.4, 0.5) is 4.39 Å². The first-order valence-corrected chi connectivity index (χ1v) is 7.68. The Kier molecular flexibility index (Phi) is 3.30. The molecule has 0 radical (unpaired) electrons. The third kappa shape index (κ3) is 2.13. The molecule has 1 atom stereocenters. The molecule has 1 aliphatic rings. The Morgan fingerprint density at radius 2 is 2.10 bits per heavy atom. The zero-order valence-electron chi connectivity index (χ0n) is 11.2. The van der Waals surface area contributed by atoms with E-state index in [0.717, 1.165) is 18.4 Å². The van der Waals surface area contributed by atoms with Gasteiger partial charge in [-0.3, -0.25) is 0 Å². The van der Waals surface area contributed by atoms with Crippen LogP contribution in [0.3, 0.4) is 0 Å². The zero-order chi connectivity index (χ0) is 14.2. The summed E-state index contributed by atoms with van der Waals surface area (Å²) < 4.78 is 14.5. The van der Waals surface area contributed by atoms with Gasteiger partial charge in [0.05, 0.1) is 11.3 Å². The first kappa shape index (κ1) is 13.6. The number of thioether (sulfide) groups is 1. The van der Waals surface area contributed by atoms with E-state index in [1.54, 1.807) is 34.9 Å². The lowest BCUT2D eigenvalue weighted by Gasteiger charge is -2.36. The quantitative estimate of drug-likeness (QED) is 0.918. The maximum atomic E-state index is 13.1. The Morgan fingerprint density at radius 1 is 1.40 bits per heavy atom. The lowest BCUT2D eigenvalue weighted by molar-refractivity contribution is 0.00497. The molecular weight excluding hydrogens is 277 g/mol. The highest BCUT2D eigenvalue weighted by molar-refractivity contribution is 8.00. The smallest absolute Gasteiger partial charge is 0.137 e. The second kappa shape index (κ2) is 4.86. The summed E-state index contributed by atoms with van der Waals surface area (Å²) in [5.41, 5.74) is -0.352. The summed E-state index contributed by atoms with van der Waals surface area (Å²) >= 11 is 1.66. The van der Waals surface area contributed by atoms with Gasteiger partial charge in [-0.25, -0.2) is 14.1 Å². The highest BCUT2D eigenvalue weighted by Crippen LogP contribution is 2.59. The van der Waals surface area contributed by atoms with Crippen LogP contribution in [0.5, 0.6) is 0 Å². The van der Waals surface area contributed by atoms with Gasteiger partial charge in [-0.05, 0) is 36.8 Å². The average Bonchev–Trinajstić information content (AvgIpc) is 3.11. The van der Waals surface area contributed by atoms with Gasteiger partial charge in [-0.1, -0.05) is 12.1 Å². The molecule has 3 rings (SSSR count). The van der Waals surface area contributed by atoms with Crippen molar-refractivity contribution in [2.45, 2.75) is 29.7 Å². The topological polar surface area (TPSA) is 50.9 Å². The van der Waals surface area contributed by atoms with Crippen LogP contribution in [0.15, 0.2) is 36.9 Å². The van der Waals surface area contributed by atoms with Crippen molar-refractivity contribution in [2.75, 3.05) is 6.26 Å². The van der Waals surface area contributed by atoms with Crippen molar-refractivity contribution in [3.8, 4) is 0 Å². The SMILES string of the molecule is CSC1(C(O)(Cn2cncn2)c2ccc(F)cc2)CC1. The second-order valence-corrected chi connectivity index (χ2v) is 6.35. The van der Waals surface area contributed by atoms with E-state index in [2.05, 4.69) is 10.1 Å². The molecule has 4 nitrogen and oxygen atoms in total. The van der Waals surface area contributed by atoms with E-state index in [-0.39, 0.29) is 10.6 Å². The van der Waals surface area contributed by atoms with Crippen LogP contribution in [0.2, 0.25) is 0 Å². The van der Waals surface area contributed by atoms with Gasteiger partial charge in [-0.15, -0.1) is 0 Å². The number of aromatic nitrogens is 3. The fourth-order valence-electron chi connectivity index (χ4n) is 2.67. The molecule has 0 bridgehead atoms. The maximum absolute atomic E-state index is 13.1. The second-order valence-electron chi connectivity index (χ2n) is 5.16. The van der Waals surface area contributed by atoms with E-state index >= 15 is 0 Å².